The van der Waals surface area contributed by atoms with Crippen LogP contribution in [-0.4, -0.2) is 15.0 Å². The summed E-state index contributed by atoms with van der Waals surface area (Å²) in [5.41, 5.74) is 1.20. The van der Waals surface area contributed by atoms with Crippen LogP contribution in [0.5, 0.6) is 0 Å². The fourth-order valence-electron chi connectivity index (χ4n) is 1.11. The number of nitrogens with one attached hydrogen (secondary N) is 1. The van der Waals surface area contributed by atoms with E-state index in [0.29, 0.717) is 5.95 Å². The molecule has 0 aliphatic carbocycles. The van der Waals surface area contributed by atoms with Crippen LogP contribution in [0.15, 0.2) is 43.0 Å². The lowest BCUT2D eigenvalue weighted by molar-refractivity contribution is 1.00. The summed E-state index contributed by atoms with van der Waals surface area (Å²) in [6.07, 6.45) is 2.95. The maximum absolute atomic E-state index is 3.96. The van der Waals surface area contributed by atoms with Gasteiger partial charge in [-0.15, -0.1) is 0 Å². The van der Waals surface area contributed by atoms with E-state index in [-0.39, 0.29) is 0 Å². The highest BCUT2D eigenvalue weighted by Crippen LogP contribution is 2.01. The van der Waals surface area contributed by atoms with E-state index in [4.69, 9.17) is 0 Å². The topological polar surface area (TPSA) is 50.7 Å². The Morgan fingerprint density at radius 1 is 1.00 bits per heavy atom. The molecule has 1 aromatic heterocycles. The van der Waals surface area contributed by atoms with Gasteiger partial charge in [-0.25, -0.2) is 15.0 Å². The minimum absolute atomic E-state index is 0.601. The molecule has 4 nitrogen and oxygen atoms in total. The van der Waals surface area contributed by atoms with Crippen LogP contribution in [0, 0.1) is 0 Å². The average Bonchev–Trinajstić information content (AvgIpc) is 2.29. The first-order chi connectivity index (χ1) is 6.95. The molecular weight excluding hydrogens is 176 g/mol. The number of anilines is 1. The van der Waals surface area contributed by atoms with Gasteiger partial charge in [0.15, 0.2) is 0 Å². The molecule has 0 fully saturated rings. The van der Waals surface area contributed by atoms with Crippen molar-refractivity contribution in [2.45, 2.75) is 6.54 Å². The summed E-state index contributed by atoms with van der Waals surface area (Å²) in [4.78, 5) is 11.7. The minimum atomic E-state index is 0.601. The lowest BCUT2D eigenvalue weighted by atomic mass is 10.2. The van der Waals surface area contributed by atoms with Gasteiger partial charge in [-0.05, 0) is 5.56 Å². The van der Waals surface area contributed by atoms with Gasteiger partial charge in [-0.3, -0.25) is 0 Å². The molecule has 0 saturated heterocycles. The summed E-state index contributed by atoms with van der Waals surface area (Å²) in [5, 5.41) is 3.10. The Balaban J connectivity index is 1.96. The van der Waals surface area contributed by atoms with Crippen molar-refractivity contribution in [1.82, 2.24) is 15.0 Å². The maximum Gasteiger partial charge on any atom is 0.225 e. The van der Waals surface area contributed by atoms with Crippen LogP contribution in [0.1, 0.15) is 5.56 Å². The molecule has 70 valence electrons. The Bertz CT molecular complexity index is 334. The van der Waals surface area contributed by atoms with E-state index in [9.17, 15) is 0 Å². The zero-order valence-corrected chi connectivity index (χ0v) is 7.59. The first-order valence-corrected chi connectivity index (χ1v) is 4.35. The van der Waals surface area contributed by atoms with E-state index in [1.807, 2.05) is 30.3 Å². The summed E-state index contributed by atoms with van der Waals surface area (Å²) >= 11 is 0. The molecule has 1 heterocycles. The smallest absolute Gasteiger partial charge is 0.225 e. The second kappa shape index (κ2) is 4.32. The van der Waals surface area contributed by atoms with Crippen molar-refractivity contribution in [2.75, 3.05) is 5.32 Å². The SMILES string of the molecule is c1ccc(CNc2ncncn2)cc1. The van der Waals surface area contributed by atoms with Crippen LogP contribution < -0.4 is 5.32 Å². The highest BCUT2D eigenvalue weighted by Gasteiger charge is 1.93. The minimum Gasteiger partial charge on any atom is -0.350 e. The summed E-state index contributed by atoms with van der Waals surface area (Å²) in [7, 11) is 0. The number of aromatic nitrogens is 3. The van der Waals surface area contributed by atoms with Crippen LogP contribution in [-0.2, 0) is 6.54 Å². The molecule has 2 aromatic rings. The van der Waals surface area contributed by atoms with Crippen LogP contribution >= 0.6 is 0 Å². The molecule has 2 rings (SSSR count). The van der Waals surface area contributed by atoms with Crippen molar-refractivity contribution in [1.29, 1.82) is 0 Å². The summed E-state index contributed by atoms with van der Waals surface area (Å²) in [6, 6.07) is 10.1. The second-order valence-electron chi connectivity index (χ2n) is 2.80. The quantitative estimate of drug-likeness (QED) is 0.788. The van der Waals surface area contributed by atoms with E-state index in [2.05, 4.69) is 20.3 Å². The summed E-state index contributed by atoms with van der Waals surface area (Å²) in [5.74, 6) is 0.601. The van der Waals surface area contributed by atoms with Crippen molar-refractivity contribution in [3.63, 3.8) is 0 Å². The largest absolute Gasteiger partial charge is 0.350 e. The van der Waals surface area contributed by atoms with Crippen LogP contribution in [0.25, 0.3) is 0 Å². The van der Waals surface area contributed by atoms with Gasteiger partial charge in [-0.1, -0.05) is 30.3 Å². The molecule has 1 N–H and O–H groups in total. The van der Waals surface area contributed by atoms with E-state index >= 15 is 0 Å². The number of rotatable bonds is 3. The molecule has 0 bridgehead atoms. The first kappa shape index (κ1) is 8.62. The van der Waals surface area contributed by atoms with Gasteiger partial charge in [-0.2, -0.15) is 0 Å². The zero-order valence-electron chi connectivity index (χ0n) is 7.59. The van der Waals surface area contributed by atoms with Gasteiger partial charge in [0.2, 0.25) is 5.95 Å². The normalized spacial score (nSPS) is 9.71. The molecule has 0 atom stereocenters. The van der Waals surface area contributed by atoms with Crippen LogP contribution in [0.2, 0.25) is 0 Å². The Hall–Kier alpha value is -1.97. The lowest BCUT2D eigenvalue weighted by Gasteiger charge is -2.02. The van der Waals surface area contributed by atoms with E-state index in [1.54, 1.807) is 0 Å². The lowest BCUT2D eigenvalue weighted by Crippen LogP contribution is -2.02. The summed E-state index contributed by atoms with van der Waals surface area (Å²) in [6.45, 7) is 0.727. The number of hydrogen-bond acceptors (Lipinski definition) is 4. The predicted octanol–water partition coefficient (Wildman–Crippen LogP) is 1.48. The molecule has 0 aliphatic heterocycles. The maximum atomic E-state index is 3.96. The average molecular weight is 186 g/mol. The number of hydrogen-bond donors (Lipinski definition) is 1. The molecule has 0 unspecified atom stereocenters. The van der Waals surface area contributed by atoms with Crippen molar-refractivity contribution in [3.05, 3.63) is 48.5 Å². The molecular formula is C10H10N4. The molecule has 0 amide bonds. The van der Waals surface area contributed by atoms with Crippen molar-refractivity contribution in [3.8, 4) is 0 Å². The Morgan fingerprint density at radius 3 is 2.43 bits per heavy atom. The molecule has 4 heteroatoms. The third-order valence-corrected chi connectivity index (χ3v) is 1.79. The molecule has 1 aromatic carbocycles. The predicted molar refractivity (Wildman–Crippen MR) is 53.6 cm³/mol. The third kappa shape index (κ3) is 2.26. The fraction of sp³-hybridized carbons (Fsp3) is 0.100. The van der Waals surface area contributed by atoms with Gasteiger partial charge in [0.25, 0.3) is 0 Å². The van der Waals surface area contributed by atoms with Gasteiger partial charge in [0, 0.05) is 6.54 Å². The van der Waals surface area contributed by atoms with Crippen molar-refractivity contribution in [2.24, 2.45) is 0 Å². The summed E-state index contributed by atoms with van der Waals surface area (Å²) < 4.78 is 0. The number of nitrogens with zero attached hydrogens (tertiary/aromatic N) is 3. The molecule has 0 spiro atoms. The Kier molecular flexibility index (Phi) is 2.66. The van der Waals surface area contributed by atoms with Gasteiger partial charge in [0.05, 0.1) is 0 Å². The molecule has 0 saturated carbocycles. The van der Waals surface area contributed by atoms with Gasteiger partial charge < -0.3 is 5.32 Å². The standard InChI is InChI=1S/C10H10N4/c1-2-4-9(5-3-1)6-12-10-13-7-11-8-14-10/h1-5,7-8H,6H2,(H,11,12,13,14). The monoisotopic (exact) mass is 186 g/mol. The highest BCUT2D eigenvalue weighted by atomic mass is 15.1. The third-order valence-electron chi connectivity index (χ3n) is 1.79. The Labute approximate surface area is 82.1 Å². The molecule has 14 heavy (non-hydrogen) atoms. The number of benzene rings is 1. The second-order valence-corrected chi connectivity index (χ2v) is 2.80. The highest BCUT2D eigenvalue weighted by molar-refractivity contribution is 5.25. The van der Waals surface area contributed by atoms with E-state index in [1.165, 1.54) is 18.2 Å². The molecule has 0 aliphatic rings. The van der Waals surface area contributed by atoms with Crippen molar-refractivity contribution >= 4 is 5.95 Å². The van der Waals surface area contributed by atoms with E-state index < -0.39 is 0 Å². The zero-order chi connectivity index (χ0) is 9.64. The van der Waals surface area contributed by atoms with Gasteiger partial charge >= 0.3 is 0 Å². The fourth-order valence-corrected chi connectivity index (χ4v) is 1.11. The van der Waals surface area contributed by atoms with Crippen molar-refractivity contribution < 1.29 is 0 Å². The Morgan fingerprint density at radius 2 is 1.71 bits per heavy atom. The molecule has 0 radical (unpaired) electrons. The van der Waals surface area contributed by atoms with Gasteiger partial charge in [0.1, 0.15) is 12.7 Å². The first-order valence-electron chi connectivity index (χ1n) is 4.35. The van der Waals surface area contributed by atoms with Crippen LogP contribution in [0.3, 0.4) is 0 Å². The van der Waals surface area contributed by atoms with Crippen LogP contribution in [0.4, 0.5) is 5.95 Å². The van der Waals surface area contributed by atoms with E-state index in [0.717, 1.165) is 6.54 Å².